The van der Waals surface area contributed by atoms with Gasteiger partial charge in [0.05, 0.1) is 0 Å². The van der Waals surface area contributed by atoms with Gasteiger partial charge in [0.2, 0.25) is 11.8 Å². The molecule has 0 saturated heterocycles. The predicted octanol–water partition coefficient (Wildman–Crippen LogP) is 3.83. The van der Waals surface area contributed by atoms with Gasteiger partial charge in [0.1, 0.15) is 6.42 Å². The first-order valence-corrected chi connectivity index (χ1v) is 7.75. The molecule has 0 aliphatic rings. The minimum atomic E-state index is -0.316. The molecule has 0 atom stereocenters. The SMILES string of the molecule is CCc1cccc(C)c1NC(=O)CC(=O)Nc1ccccc1C. The van der Waals surface area contributed by atoms with Gasteiger partial charge >= 0.3 is 0 Å². The maximum absolute atomic E-state index is 12.1. The van der Waals surface area contributed by atoms with Crippen LogP contribution in [-0.4, -0.2) is 11.8 Å². The highest BCUT2D eigenvalue weighted by Crippen LogP contribution is 2.21. The van der Waals surface area contributed by atoms with Crippen molar-refractivity contribution >= 4 is 23.2 Å². The maximum atomic E-state index is 12.1. The Morgan fingerprint density at radius 1 is 0.870 bits per heavy atom. The summed E-state index contributed by atoms with van der Waals surface area (Å²) < 4.78 is 0. The highest BCUT2D eigenvalue weighted by atomic mass is 16.2. The number of para-hydroxylation sites is 2. The van der Waals surface area contributed by atoms with Gasteiger partial charge in [-0.1, -0.05) is 43.3 Å². The zero-order valence-corrected chi connectivity index (χ0v) is 13.8. The van der Waals surface area contributed by atoms with Crippen molar-refractivity contribution in [2.24, 2.45) is 0 Å². The molecule has 0 bridgehead atoms. The molecule has 4 heteroatoms. The third-order valence-corrected chi connectivity index (χ3v) is 3.74. The number of nitrogens with one attached hydrogen (secondary N) is 2. The van der Waals surface area contributed by atoms with Crippen molar-refractivity contribution in [2.45, 2.75) is 33.6 Å². The molecule has 120 valence electrons. The maximum Gasteiger partial charge on any atom is 0.233 e. The third-order valence-electron chi connectivity index (χ3n) is 3.74. The second kappa shape index (κ2) is 7.58. The van der Waals surface area contributed by atoms with Crippen molar-refractivity contribution in [3.05, 3.63) is 59.2 Å². The van der Waals surface area contributed by atoms with Crippen LogP contribution in [0.5, 0.6) is 0 Å². The molecule has 0 saturated carbocycles. The number of anilines is 2. The van der Waals surface area contributed by atoms with Gasteiger partial charge in [0, 0.05) is 11.4 Å². The molecule has 0 fully saturated rings. The summed E-state index contributed by atoms with van der Waals surface area (Å²) in [5.74, 6) is -0.622. The Hall–Kier alpha value is -2.62. The molecular formula is C19H22N2O2. The Morgan fingerprint density at radius 3 is 2.22 bits per heavy atom. The lowest BCUT2D eigenvalue weighted by Crippen LogP contribution is -2.22. The molecular weight excluding hydrogens is 288 g/mol. The van der Waals surface area contributed by atoms with Gasteiger partial charge in [-0.25, -0.2) is 0 Å². The standard InChI is InChI=1S/C19H22N2O2/c1-4-15-10-7-9-14(3)19(15)21-18(23)12-17(22)20-16-11-6-5-8-13(16)2/h5-11H,4,12H2,1-3H3,(H,20,22)(H,21,23). The third kappa shape index (κ3) is 4.42. The van der Waals surface area contributed by atoms with E-state index in [2.05, 4.69) is 10.6 Å². The highest BCUT2D eigenvalue weighted by Gasteiger charge is 2.13. The number of hydrogen-bond donors (Lipinski definition) is 2. The number of carbonyl (C=O) groups excluding carboxylic acids is 2. The summed E-state index contributed by atoms with van der Waals surface area (Å²) in [6.07, 6.45) is 0.624. The Kier molecular flexibility index (Phi) is 5.52. The van der Waals surface area contributed by atoms with Crippen LogP contribution in [0.15, 0.2) is 42.5 Å². The molecule has 2 rings (SSSR count). The molecule has 2 N–H and O–H groups in total. The number of carbonyl (C=O) groups is 2. The molecule has 23 heavy (non-hydrogen) atoms. The zero-order valence-electron chi connectivity index (χ0n) is 13.8. The van der Waals surface area contributed by atoms with Crippen LogP contribution in [0.1, 0.15) is 30.0 Å². The Bertz CT molecular complexity index is 723. The van der Waals surface area contributed by atoms with Gasteiger partial charge in [0.15, 0.2) is 0 Å². The lowest BCUT2D eigenvalue weighted by Gasteiger charge is -2.13. The van der Waals surface area contributed by atoms with E-state index in [-0.39, 0.29) is 18.2 Å². The number of benzene rings is 2. The molecule has 0 radical (unpaired) electrons. The van der Waals surface area contributed by atoms with Crippen LogP contribution in [0.25, 0.3) is 0 Å². The minimum Gasteiger partial charge on any atom is -0.325 e. The van der Waals surface area contributed by atoms with E-state index in [0.717, 1.165) is 34.5 Å². The lowest BCUT2D eigenvalue weighted by atomic mass is 10.1. The number of hydrogen-bond acceptors (Lipinski definition) is 2. The van der Waals surface area contributed by atoms with Crippen LogP contribution < -0.4 is 10.6 Å². The van der Waals surface area contributed by atoms with E-state index in [1.165, 1.54) is 0 Å². The molecule has 2 aromatic carbocycles. The summed E-state index contributed by atoms with van der Waals surface area (Å²) >= 11 is 0. The molecule has 0 aromatic heterocycles. The summed E-state index contributed by atoms with van der Waals surface area (Å²) in [5.41, 5.74) is 4.57. The topological polar surface area (TPSA) is 58.2 Å². The highest BCUT2D eigenvalue weighted by molar-refractivity contribution is 6.08. The summed E-state index contributed by atoms with van der Waals surface area (Å²) in [6, 6.07) is 13.4. The summed E-state index contributed by atoms with van der Waals surface area (Å²) in [6.45, 7) is 5.90. The molecule has 0 unspecified atom stereocenters. The first-order valence-electron chi connectivity index (χ1n) is 7.75. The van der Waals surface area contributed by atoms with E-state index in [4.69, 9.17) is 0 Å². The van der Waals surface area contributed by atoms with Crippen molar-refractivity contribution < 1.29 is 9.59 Å². The van der Waals surface area contributed by atoms with Crippen molar-refractivity contribution in [1.29, 1.82) is 0 Å². The van der Waals surface area contributed by atoms with Gasteiger partial charge in [-0.05, 0) is 43.0 Å². The smallest absolute Gasteiger partial charge is 0.233 e. The molecule has 0 aliphatic carbocycles. The predicted molar refractivity (Wildman–Crippen MR) is 93.6 cm³/mol. The van der Waals surface area contributed by atoms with Crippen molar-refractivity contribution in [1.82, 2.24) is 0 Å². The van der Waals surface area contributed by atoms with Gasteiger partial charge in [-0.2, -0.15) is 0 Å². The first-order chi connectivity index (χ1) is 11.0. The largest absolute Gasteiger partial charge is 0.325 e. The Labute approximate surface area is 136 Å². The molecule has 2 aromatic rings. The second-order valence-corrected chi connectivity index (χ2v) is 5.55. The van der Waals surface area contributed by atoms with Crippen molar-refractivity contribution in [3.63, 3.8) is 0 Å². The zero-order chi connectivity index (χ0) is 16.8. The fourth-order valence-electron chi connectivity index (χ4n) is 2.44. The van der Waals surface area contributed by atoms with E-state index in [0.29, 0.717) is 0 Å². The summed E-state index contributed by atoms with van der Waals surface area (Å²) in [5, 5.41) is 5.63. The van der Waals surface area contributed by atoms with Crippen molar-refractivity contribution in [2.75, 3.05) is 10.6 Å². The Balaban J connectivity index is 2.00. The van der Waals surface area contributed by atoms with Crippen LogP contribution in [0.2, 0.25) is 0 Å². The summed E-state index contributed by atoms with van der Waals surface area (Å²) in [4.78, 5) is 24.2. The molecule has 2 amide bonds. The monoisotopic (exact) mass is 310 g/mol. The average Bonchev–Trinajstić information content (AvgIpc) is 2.51. The van der Waals surface area contributed by atoms with Crippen LogP contribution in [-0.2, 0) is 16.0 Å². The van der Waals surface area contributed by atoms with Crippen LogP contribution >= 0.6 is 0 Å². The Morgan fingerprint density at radius 2 is 1.52 bits per heavy atom. The molecule has 0 aliphatic heterocycles. The van der Waals surface area contributed by atoms with E-state index in [1.807, 2.05) is 63.2 Å². The fraction of sp³-hybridized carbons (Fsp3) is 0.263. The summed E-state index contributed by atoms with van der Waals surface area (Å²) in [7, 11) is 0. The number of rotatable bonds is 5. The van der Waals surface area contributed by atoms with E-state index in [9.17, 15) is 9.59 Å². The minimum absolute atomic E-state index is 0.203. The van der Waals surface area contributed by atoms with Crippen LogP contribution in [0, 0.1) is 13.8 Å². The van der Waals surface area contributed by atoms with E-state index < -0.39 is 0 Å². The second-order valence-electron chi connectivity index (χ2n) is 5.55. The van der Waals surface area contributed by atoms with E-state index in [1.54, 1.807) is 0 Å². The number of amides is 2. The quantitative estimate of drug-likeness (QED) is 0.825. The average molecular weight is 310 g/mol. The van der Waals surface area contributed by atoms with Crippen LogP contribution in [0.4, 0.5) is 11.4 Å². The lowest BCUT2D eigenvalue weighted by molar-refractivity contribution is -0.123. The molecule has 4 nitrogen and oxygen atoms in total. The number of aryl methyl sites for hydroxylation is 3. The van der Waals surface area contributed by atoms with Gasteiger partial charge in [-0.3, -0.25) is 9.59 Å². The van der Waals surface area contributed by atoms with Gasteiger partial charge in [-0.15, -0.1) is 0 Å². The van der Waals surface area contributed by atoms with Gasteiger partial charge < -0.3 is 10.6 Å². The molecule has 0 spiro atoms. The van der Waals surface area contributed by atoms with Crippen molar-refractivity contribution in [3.8, 4) is 0 Å². The van der Waals surface area contributed by atoms with Crippen LogP contribution in [0.3, 0.4) is 0 Å². The van der Waals surface area contributed by atoms with E-state index >= 15 is 0 Å². The fourth-order valence-corrected chi connectivity index (χ4v) is 2.44. The molecule has 0 heterocycles. The first kappa shape index (κ1) is 16.7. The normalized spacial score (nSPS) is 10.2. The van der Waals surface area contributed by atoms with Gasteiger partial charge in [0.25, 0.3) is 0 Å².